The SMILES string of the molecule is C.C.C.C.C.CSc1nccc(=O)[nH]1.Cc1cc(C)cc(N)c1.Cc1cc(C)cc(Nc2nccc(-n3ccnc3-c3ccccn3)n2)c1.Cc1cc(C)cc(Nc2nccc(Cl)n2)c1.c1ccc(-c2ncc[nH]2)nc1. The van der Waals surface area contributed by atoms with Crippen molar-refractivity contribution in [2.24, 2.45) is 0 Å². The highest BCUT2D eigenvalue weighted by Crippen LogP contribution is 2.22. The van der Waals surface area contributed by atoms with Gasteiger partial charge in [-0.3, -0.25) is 19.3 Å². The molecular weight excluding hydrogens is 990 g/mol. The largest absolute Gasteiger partial charge is 0.399 e. The van der Waals surface area contributed by atoms with Crippen LogP contribution >= 0.6 is 23.4 Å². The lowest BCUT2D eigenvalue weighted by Gasteiger charge is -2.10. The van der Waals surface area contributed by atoms with Gasteiger partial charge < -0.3 is 26.3 Å². The lowest BCUT2D eigenvalue weighted by molar-refractivity contribution is 0.940. The predicted octanol–water partition coefficient (Wildman–Crippen LogP) is 14.6. The number of nitrogen functional groups attached to an aromatic ring is 1. The molecule has 400 valence electrons. The number of hydrogen-bond donors (Lipinski definition) is 5. The Morgan fingerprint density at radius 1 is 0.539 bits per heavy atom. The number of thioether (sulfide) groups is 1. The number of nitrogens with zero attached hydrogens (tertiary/aromatic N) is 10. The summed E-state index contributed by atoms with van der Waals surface area (Å²) in [6, 6.07) is 34.9. The predicted molar refractivity (Wildman–Crippen MR) is 320 cm³/mol. The lowest BCUT2D eigenvalue weighted by Crippen LogP contribution is -2.04. The van der Waals surface area contributed by atoms with Gasteiger partial charge in [-0.2, -0.15) is 4.98 Å². The molecule has 6 N–H and O–H groups in total. The molecule has 0 atom stereocenters. The van der Waals surface area contributed by atoms with E-state index in [1.54, 1.807) is 49.4 Å². The van der Waals surface area contributed by atoms with Crippen LogP contribution in [0.3, 0.4) is 0 Å². The maximum Gasteiger partial charge on any atom is 0.251 e. The molecular formula is C58H74ClN15OS. The van der Waals surface area contributed by atoms with Gasteiger partial charge in [0.15, 0.2) is 16.8 Å². The van der Waals surface area contributed by atoms with Crippen LogP contribution in [-0.2, 0) is 0 Å². The minimum atomic E-state index is -0.102. The summed E-state index contributed by atoms with van der Waals surface area (Å²) in [7, 11) is 0. The number of benzene rings is 3. The van der Waals surface area contributed by atoms with Gasteiger partial charge in [-0.1, -0.05) is 90.8 Å². The monoisotopic (exact) mass is 1060 g/mol. The first-order valence-electron chi connectivity index (χ1n) is 22.1. The fourth-order valence-corrected chi connectivity index (χ4v) is 7.34. The number of hydrogen-bond acceptors (Lipinski definition) is 14. The standard InChI is InChI=1S/C20H18N6.C12H12ClN3.C8H7N3.C8H11N.C5H6N2OS.5CH4/c1-14-11-15(2)13-16(12-14)24-20-23-8-6-18(25-20)26-10-9-22-19(26)17-5-3-4-7-21-17;1-8-5-9(2)7-10(6-8)15-12-14-4-3-11(13)16-12;1-2-4-9-7(3-1)8-10-5-6-11-8;1-6-3-7(2)5-8(9)4-6;1-9-5-6-3-2-4(8)7-5;;;;;/h3-13H,1-2H3,(H,23,24,25);3-7H,1-2H3,(H,14,15,16);1-6H,(H,10,11);3-5H,9H2,1-2H3;2-3H,1H3,(H,6,7,8);5*1H4. The fourth-order valence-electron chi connectivity index (χ4n) is 6.84. The number of halogens is 1. The smallest absolute Gasteiger partial charge is 0.251 e. The Labute approximate surface area is 458 Å². The van der Waals surface area contributed by atoms with Crippen LogP contribution in [0.2, 0.25) is 5.15 Å². The summed E-state index contributed by atoms with van der Waals surface area (Å²) < 4.78 is 1.90. The van der Waals surface area contributed by atoms with Crippen molar-refractivity contribution in [1.82, 2.24) is 59.4 Å². The van der Waals surface area contributed by atoms with Crippen LogP contribution in [-0.4, -0.2) is 65.6 Å². The molecule has 0 radical (unpaired) electrons. The van der Waals surface area contributed by atoms with E-state index in [-0.39, 0.29) is 42.7 Å². The molecule has 7 heterocycles. The third-order valence-electron chi connectivity index (χ3n) is 9.49. The third-order valence-corrected chi connectivity index (χ3v) is 10.3. The van der Waals surface area contributed by atoms with E-state index >= 15 is 0 Å². The minimum Gasteiger partial charge on any atom is -0.399 e. The first-order valence-corrected chi connectivity index (χ1v) is 23.7. The second-order valence-corrected chi connectivity index (χ2v) is 17.0. The third kappa shape index (κ3) is 21.5. The Bertz CT molecular complexity index is 3190. The molecule has 16 nitrogen and oxygen atoms in total. The molecule has 0 aliphatic rings. The summed E-state index contributed by atoms with van der Waals surface area (Å²) in [4.78, 5) is 54.1. The number of aromatic nitrogens is 12. The zero-order valence-corrected chi connectivity index (χ0v) is 41.9. The second-order valence-electron chi connectivity index (χ2n) is 15.8. The van der Waals surface area contributed by atoms with Crippen LogP contribution in [0.1, 0.15) is 70.5 Å². The molecule has 0 saturated carbocycles. The molecule has 0 fully saturated rings. The number of nitrogens with one attached hydrogen (secondary N) is 4. The zero-order valence-electron chi connectivity index (χ0n) is 40.3. The van der Waals surface area contributed by atoms with Gasteiger partial charge in [-0.25, -0.2) is 29.9 Å². The first-order chi connectivity index (χ1) is 34.3. The van der Waals surface area contributed by atoms with E-state index in [1.807, 2.05) is 97.6 Å². The molecule has 0 saturated heterocycles. The van der Waals surface area contributed by atoms with Crippen molar-refractivity contribution in [2.75, 3.05) is 22.6 Å². The van der Waals surface area contributed by atoms with Gasteiger partial charge >= 0.3 is 0 Å². The molecule has 0 aliphatic heterocycles. The lowest BCUT2D eigenvalue weighted by atomic mass is 10.1. The van der Waals surface area contributed by atoms with Crippen LogP contribution in [0.25, 0.3) is 28.9 Å². The van der Waals surface area contributed by atoms with Crippen molar-refractivity contribution >= 4 is 52.3 Å². The van der Waals surface area contributed by atoms with Crippen molar-refractivity contribution in [3.8, 4) is 28.9 Å². The van der Waals surface area contributed by atoms with Crippen molar-refractivity contribution in [2.45, 2.75) is 83.8 Å². The van der Waals surface area contributed by atoms with Gasteiger partial charge in [0, 0.05) is 78.9 Å². The topological polar surface area (TPSA) is 220 Å². The number of nitrogens with two attached hydrogens (primary N) is 1. The van der Waals surface area contributed by atoms with E-state index in [0.29, 0.717) is 22.2 Å². The molecule has 18 heteroatoms. The molecule has 0 aliphatic carbocycles. The van der Waals surface area contributed by atoms with Crippen LogP contribution in [0, 0.1) is 41.5 Å². The number of anilines is 5. The Kier molecular flexibility index (Phi) is 28.7. The molecule has 7 aromatic heterocycles. The van der Waals surface area contributed by atoms with Gasteiger partial charge in [-0.15, -0.1) is 0 Å². The molecule has 0 spiro atoms. The highest BCUT2D eigenvalue weighted by molar-refractivity contribution is 7.98. The minimum absolute atomic E-state index is 0. The number of aryl methyl sites for hydroxylation is 6. The summed E-state index contributed by atoms with van der Waals surface area (Å²) >= 11 is 7.20. The first kappa shape index (κ1) is 65.5. The summed E-state index contributed by atoms with van der Waals surface area (Å²) in [5, 5.41) is 7.48. The van der Waals surface area contributed by atoms with E-state index in [2.05, 4.69) is 123 Å². The number of rotatable bonds is 8. The van der Waals surface area contributed by atoms with Crippen LogP contribution in [0.4, 0.5) is 29.0 Å². The maximum atomic E-state index is 10.5. The van der Waals surface area contributed by atoms with Crippen LogP contribution in [0.15, 0.2) is 175 Å². The maximum absolute atomic E-state index is 10.5. The Balaban J connectivity index is 0.000000500. The highest BCUT2D eigenvalue weighted by atomic mass is 35.5. The van der Waals surface area contributed by atoms with Crippen LogP contribution < -0.4 is 21.9 Å². The molecule has 0 unspecified atom stereocenters. The number of pyridine rings is 2. The summed E-state index contributed by atoms with van der Waals surface area (Å²) in [5.41, 5.74) is 17.2. The van der Waals surface area contributed by atoms with Gasteiger partial charge in [0.2, 0.25) is 11.9 Å². The molecule has 0 amide bonds. The second kappa shape index (κ2) is 33.3. The van der Waals surface area contributed by atoms with E-state index in [9.17, 15) is 4.79 Å². The zero-order chi connectivity index (χ0) is 50.5. The van der Waals surface area contributed by atoms with Crippen molar-refractivity contribution in [3.63, 3.8) is 0 Å². The molecule has 10 rings (SSSR count). The van der Waals surface area contributed by atoms with Gasteiger partial charge in [0.1, 0.15) is 22.4 Å². The quantitative estimate of drug-likeness (QED) is 0.0414. The molecule has 3 aromatic carbocycles. The Hall–Kier alpha value is -8.54. The number of imidazole rings is 2. The fraction of sp³-hybridized carbons (Fsp3) is 0.207. The summed E-state index contributed by atoms with van der Waals surface area (Å²) in [6.45, 7) is 12.3. The Morgan fingerprint density at radius 2 is 1.05 bits per heavy atom. The van der Waals surface area contributed by atoms with E-state index in [4.69, 9.17) is 17.3 Å². The highest BCUT2D eigenvalue weighted by Gasteiger charge is 2.11. The number of H-pyrrole nitrogens is 2. The van der Waals surface area contributed by atoms with Crippen molar-refractivity contribution in [1.29, 1.82) is 0 Å². The Morgan fingerprint density at radius 3 is 1.51 bits per heavy atom. The van der Waals surface area contributed by atoms with E-state index < -0.39 is 0 Å². The van der Waals surface area contributed by atoms with Gasteiger partial charge in [0.05, 0.1) is 0 Å². The van der Waals surface area contributed by atoms with Gasteiger partial charge in [0.25, 0.3) is 5.56 Å². The molecule has 10 aromatic rings. The van der Waals surface area contributed by atoms with Crippen molar-refractivity contribution in [3.05, 3.63) is 214 Å². The normalized spacial score (nSPS) is 9.47. The average Bonchev–Trinajstić information content (AvgIpc) is 4.07. The molecule has 0 bridgehead atoms. The molecule has 76 heavy (non-hydrogen) atoms. The summed E-state index contributed by atoms with van der Waals surface area (Å²) in [5.74, 6) is 3.32. The number of aromatic amines is 2. The average molecular weight is 1060 g/mol. The summed E-state index contributed by atoms with van der Waals surface area (Å²) in [6.07, 6.45) is 17.3. The van der Waals surface area contributed by atoms with E-state index in [0.717, 1.165) is 45.9 Å². The van der Waals surface area contributed by atoms with Crippen molar-refractivity contribution < 1.29 is 0 Å². The van der Waals surface area contributed by atoms with E-state index in [1.165, 1.54) is 57.4 Å². The van der Waals surface area contributed by atoms with Crippen LogP contribution in [0.5, 0.6) is 0 Å². The van der Waals surface area contributed by atoms with Gasteiger partial charge in [-0.05, 0) is 154 Å².